The third-order valence-corrected chi connectivity index (χ3v) is 2.39. The molecule has 0 unspecified atom stereocenters. The van der Waals surface area contributed by atoms with E-state index in [1.165, 1.54) is 5.56 Å². The number of aliphatic carboxylic acids is 1. The molecule has 0 bridgehead atoms. The molecule has 0 saturated heterocycles. The van der Waals surface area contributed by atoms with Crippen molar-refractivity contribution in [2.75, 3.05) is 6.54 Å². The molecule has 1 aliphatic heterocycles. The number of carbonyl (C=O) groups is 1. The second-order valence-corrected chi connectivity index (χ2v) is 3.52. The van der Waals surface area contributed by atoms with Gasteiger partial charge in [0.15, 0.2) is 0 Å². The van der Waals surface area contributed by atoms with E-state index in [0.717, 1.165) is 30.6 Å². The van der Waals surface area contributed by atoms with Crippen molar-refractivity contribution < 1.29 is 54.0 Å². The van der Waals surface area contributed by atoms with Crippen LogP contribution in [-0.2, 0) is 17.6 Å². The predicted octanol–water partition coefficient (Wildman–Crippen LogP) is 2.27. The van der Waals surface area contributed by atoms with E-state index in [-0.39, 0.29) is 50.5 Å². The second-order valence-electron chi connectivity index (χ2n) is 3.52. The van der Waals surface area contributed by atoms with Crippen LogP contribution in [0.3, 0.4) is 0 Å². The summed E-state index contributed by atoms with van der Waals surface area (Å²) in [5.41, 5.74) is 3.09. The van der Waals surface area contributed by atoms with Crippen molar-refractivity contribution in [3.8, 4) is 0 Å². The monoisotopic (exact) mass is 417 g/mol. The van der Waals surface area contributed by atoms with E-state index in [4.69, 9.17) is 5.11 Å². The van der Waals surface area contributed by atoms with Crippen LogP contribution >= 0.6 is 0 Å². The van der Waals surface area contributed by atoms with E-state index in [9.17, 15) is 4.79 Å². The normalized spacial score (nSPS) is 13.3. The molecule has 0 aromatic heterocycles. The van der Waals surface area contributed by atoms with Gasteiger partial charge in [-0.05, 0) is 12.0 Å². The minimum Gasteiger partial charge on any atom is -0.684 e. The van der Waals surface area contributed by atoms with Gasteiger partial charge in [0, 0.05) is 44.1 Å². The molecule has 4 heteroatoms. The van der Waals surface area contributed by atoms with Crippen LogP contribution in [0.15, 0.2) is 18.2 Å². The number of nitrogens with zero attached hydrogens (tertiary/aromatic N) is 1. The number of rotatable bonds is 2. The Hall–Kier alpha value is -0.0684. The maximum absolute atomic E-state index is 10.5. The minimum atomic E-state index is -0.780. The number of hydrogen-bond acceptors (Lipinski definition) is 1. The molecule has 0 saturated carbocycles. The third-order valence-electron chi connectivity index (χ3n) is 2.39. The van der Waals surface area contributed by atoms with Crippen molar-refractivity contribution in [3.63, 3.8) is 0 Å². The number of carboxylic acid groups (broad SMARTS) is 1. The molecule has 2 rings (SSSR count). The molecule has 0 aliphatic carbocycles. The minimum absolute atomic E-state index is 0. The van der Waals surface area contributed by atoms with Gasteiger partial charge in [-0.2, -0.15) is 0 Å². The number of aryl methyl sites for hydroxylation is 1. The molecule has 1 aromatic carbocycles. The number of hydrogen-bond donors (Lipinski definition) is 1. The van der Waals surface area contributed by atoms with E-state index in [0.29, 0.717) is 0 Å². The van der Waals surface area contributed by atoms with E-state index >= 15 is 0 Å². The number of benzene rings is 1. The van der Waals surface area contributed by atoms with Crippen molar-refractivity contribution in [1.29, 1.82) is 0 Å². The van der Waals surface area contributed by atoms with Crippen LogP contribution in [0.1, 0.15) is 17.5 Å². The zero-order chi connectivity index (χ0) is 9.97. The third kappa shape index (κ3) is 3.46. The average Bonchev–Trinajstić information content (AvgIpc) is 2.17. The van der Waals surface area contributed by atoms with Crippen LogP contribution in [0.25, 0.3) is 5.32 Å². The zero-order valence-electron chi connectivity index (χ0n) is 8.44. The van der Waals surface area contributed by atoms with E-state index in [2.05, 4.69) is 5.32 Å². The van der Waals surface area contributed by atoms with E-state index < -0.39 is 5.97 Å². The van der Waals surface area contributed by atoms with Gasteiger partial charge in [0.05, 0.1) is 6.42 Å². The molecule has 0 spiro atoms. The van der Waals surface area contributed by atoms with Crippen LogP contribution in [0.2, 0.25) is 0 Å². The summed E-state index contributed by atoms with van der Waals surface area (Å²) in [7, 11) is 0. The van der Waals surface area contributed by atoms with Gasteiger partial charge in [-0.3, -0.25) is 4.79 Å². The van der Waals surface area contributed by atoms with Crippen LogP contribution in [0.5, 0.6) is 0 Å². The van der Waals surface area contributed by atoms with E-state index in [1.54, 1.807) is 0 Å². The zero-order valence-corrected chi connectivity index (χ0v) is 13.2. The summed E-state index contributed by atoms with van der Waals surface area (Å²) in [6, 6.07) is 5.74. The van der Waals surface area contributed by atoms with Gasteiger partial charge in [-0.25, -0.2) is 0 Å². The van der Waals surface area contributed by atoms with Gasteiger partial charge in [0.2, 0.25) is 0 Å². The first kappa shape index (κ1) is 13.0. The molecule has 1 aliphatic rings. The first-order valence-electron chi connectivity index (χ1n) is 4.77. The summed E-state index contributed by atoms with van der Waals surface area (Å²) in [5, 5.41) is 13.0. The maximum atomic E-state index is 10.5. The largest absolute Gasteiger partial charge is 0.684 e. The molecule has 77 valence electrons. The van der Waals surface area contributed by atoms with Gasteiger partial charge >= 0.3 is 5.97 Å². The topological polar surface area (TPSA) is 51.4 Å². The Morgan fingerprint density at radius 1 is 1.47 bits per heavy atom. The first-order chi connectivity index (χ1) is 6.75. The molecule has 1 heterocycles. The van der Waals surface area contributed by atoms with Gasteiger partial charge < -0.3 is 10.4 Å². The molecule has 3 nitrogen and oxygen atoms in total. The second kappa shape index (κ2) is 5.86. The summed E-state index contributed by atoms with van der Waals surface area (Å²) in [6.07, 6.45) is 2.20. The smallest absolute Gasteiger partial charge is 0.307 e. The number of carboxylic acids is 1. The molecule has 0 amide bonds. The Morgan fingerprint density at radius 2 is 2.27 bits per heavy atom. The Kier molecular flexibility index (Phi) is 5.08. The predicted molar refractivity (Wildman–Crippen MR) is 54.0 cm³/mol. The number of fused-ring (bicyclic) bond motifs is 1. The molecule has 0 fully saturated rings. The molecule has 1 N–H and O–H groups in total. The SMILES string of the molecule is O=C(O)Cc1ccc2c(c1)CCC[N-]2.[Ac]. The average molecular weight is 417 g/mol. The molecule has 0 atom stereocenters. The maximum Gasteiger partial charge on any atom is 0.307 e. The van der Waals surface area contributed by atoms with Crippen LogP contribution in [-0.4, -0.2) is 17.6 Å². The fraction of sp³-hybridized carbons (Fsp3) is 0.364. The van der Waals surface area contributed by atoms with Crippen molar-refractivity contribution >= 4 is 11.7 Å². The fourth-order valence-corrected chi connectivity index (χ4v) is 1.75. The van der Waals surface area contributed by atoms with Gasteiger partial charge in [-0.15, -0.1) is 12.2 Å². The summed E-state index contributed by atoms with van der Waals surface area (Å²) >= 11 is 0. The van der Waals surface area contributed by atoms with Crippen molar-refractivity contribution in [2.24, 2.45) is 0 Å². The molecular weight excluding hydrogens is 405 g/mol. The Balaban J connectivity index is 0.00000112. The van der Waals surface area contributed by atoms with Crippen LogP contribution < -0.4 is 0 Å². The van der Waals surface area contributed by atoms with Crippen LogP contribution in [0, 0.1) is 44.1 Å². The molecule has 1 aromatic rings. The van der Waals surface area contributed by atoms with Crippen LogP contribution in [0.4, 0.5) is 5.69 Å². The quantitative estimate of drug-likeness (QED) is 0.803. The molecule has 15 heavy (non-hydrogen) atoms. The van der Waals surface area contributed by atoms with E-state index in [1.807, 2.05) is 18.2 Å². The van der Waals surface area contributed by atoms with Crippen molar-refractivity contribution in [3.05, 3.63) is 34.6 Å². The summed E-state index contributed by atoms with van der Waals surface area (Å²) in [5.74, 6) is -0.780. The van der Waals surface area contributed by atoms with Gasteiger partial charge in [0.25, 0.3) is 0 Å². The van der Waals surface area contributed by atoms with Gasteiger partial charge in [-0.1, -0.05) is 30.2 Å². The fourth-order valence-electron chi connectivity index (χ4n) is 1.75. The first-order valence-corrected chi connectivity index (χ1v) is 4.77. The summed E-state index contributed by atoms with van der Waals surface area (Å²) in [6.45, 7) is 0.894. The standard InChI is InChI=1S/C11H12NO2.Ac/c13-11(14)7-8-3-4-10-9(6-8)2-1-5-12-10;/h3-4,6H,1-2,5,7H2,(H,13,14);/q-1;. The Bertz CT molecular complexity index is 366. The Morgan fingerprint density at radius 3 is 3.00 bits per heavy atom. The Labute approximate surface area is 125 Å². The molecular formula is C11H12AcNO2-. The van der Waals surface area contributed by atoms with Crippen molar-refractivity contribution in [1.82, 2.24) is 0 Å². The molecule has 1 radical (unpaired) electrons. The van der Waals surface area contributed by atoms with Gasteiger partial charge in [0.1, 0.15) is 0 Å². The summed E-state index contributed by atoms with van der Waals surface area (Å²) < 4.78 is 0. The van der Waals surface area contributed by atoms with Crippen molar-refractivity contribution in [2.45, 2.75) is 19.3 Å². The summed E-state index contributed by atoms with van der Waals surface area (Å²) in [4.78, 5) is 10.5.